The van der Waals surface area contributed by atoms with Gasteiger partial charge in [-0.05, 0) is 13.0 Å². The molecule has 0 radical (unpaired) electrons. The van der Waals surface area contributed by atoms with Crippen molar-refractivity contribution in [1.82, 2.24) is 0 Å². The second-order valence-electron chi connectivity index (χ2n) is 1.47. The average molecular weight is 125 g/mol. The van der Waals surface area contributed by atoms with E-state index in [1.54, 1.807) is 12.2 Å². The Labute approximate surface area is 55.0 Å². The monoisotopic (exact) mass is 125 g/mol. The molecule has 0 spiro atoms. The van der Waals surface area contributed by atoms with E-state index >= 15 is 0 Å². The lowest BCUT2D eigenvalue weighted by Gasteiger charge is -1.84. The van der Waals surface area contributed by atoms with E-state index in [2.05, 4.69) is 16.8 Å². The van der Waals surface area contributed by atoms with Crippen LogP contribution in [-0.4, -0.2) is 6.67 Å². The molecule has 0 aromatic rings. The molecular weight excluding hydrogens is 114 g/mol. The maximum absolute atomic E-state index is 5.06. The molecule has 0 unspecified atom stereocenters. The van der Waals surface area contributed by atoms with Gasteiger partial charge < -0.3 is 5.73 Å². The van der Waals surface area contributed by atoms with Gasteiger partial charge in [-0.1, -0.05) is 12.7 Å². The summed E-state index contributed by atoms with van der Waals surface area (Å²) in [7, 11) is 0. The Bertz CT molecular complexity index is 135. The SMILES string of the molecule is C=C/C=C(C)\N=N/CN. The summed E-state index contributed by atoms with van der Waals surface area (Å²) in [6.45, 7) is 5.57. The first-order valence-electron chi connectivity index (χ1n) is 2.68. The Morgan fingerprint density at radius 2 is 2.44 bits per heavy atom. The molecule has 9 heavy (non-hydrogen) atoms. The van der Waals surface area contributed by atoms with Crippen molar-refractivity contribution in [1.29, 1.82) is 0 Å². The molecule has 0 aliphatic carbocycles. The van der Waals surface area contributed by atoms with Gasteiger partial charge in [-0.15, -0.1) is 0 Å². The number of nitrogens with zero attached hydrogens (tertiary/aromatic N) is 2. The lowest BCUT2D eigenvalue weighted by atomic mass is 10.4. The van der Waals surface area contributed by atoms with Gasteiger partial charge in [-0.2, -0.15) is 10.2 Å². The molecule has 0 atom stereocenters. The average Bonchev–Trinajstić information content (AvgIpc) is 1.85. The van der Waals surface area contributed by atoms with Gasteiger partial charge in [-0.25, -0.2) is 0 Å². The Balaban J connectivity index is 3.74. The maximum atomic E-state index is 5.06. The number of azo groups is 1. The molecule has 0 aromatic heterocycles. The van der Waals surface area contributed by atoms with Crippen LogP contribution in [0.5, 0.6) is 0 Å². The molecular formula is C6H11N3. The minimum Gasteiger partial charge on any atom is -0.311 e. The summed E-state index contributed by atoms with van der Waals surface area (Å²) in [6.07, 6.45) is 3.42. The third-order valence-corrected chi connectivity index (χ3v) is 0.669. The van der Waals surface area contributed by atoms with Gasteiger partial charge >= 0.3 is 0 Å². The summed E-state index contributed by atoms with van der Waals surface area (Å²) in [4.78, 5) is 0. The molecule has 0 heterocycles. The molecule has 0 bridgehead atoms. The van der Waals surface area contributed by atoms with E-state index in [0.717, 1.165) is 5.70 Å². The third-order valence-electron chi connectivity index (χ3n) is 0.669. The van der Waals surface area contributed by atoms with E-state index < -0.39 is 0 Å². The fraction of sp³-hybridized carbons (Fsp3) is 0.333. The van der Waals surface area contributed by atoms with Gasteiger partial charge in [0.25, 0.3) is 0 Å². The van der Waals surface area contributed by atoms with Gasteiger partial charge in [0.1, 0.15) is 6.67 Å². The molecule has 0 aliphatic heterocycles. The number of allylic oxidation sites excluding steroid dienone is 3. The summed E-state index contributed by atoms with van der Waals surface area (Å²) in [5.41, 5.74) is 5.87. The zero-order valence-corrected chi connectivity index (χ0v) is 5.54. The van der Waals surface area contributed by atoms with Crippen molar-refractivity contribution in [3.63, 3.8) is 0 Å². The summed E-state index contributed by atoms with van der Waals surface area (Å²) in [6, 6.07) is 0. The quantitative estimate of drug-likeness (QED) is 0.450. The minimum atomic E-state index is 0.238. The highest BCUT2D eigenvalue weighted by Crippen LogP contribution is 1.93. The molecule has 2 N–H and O–H groups in total. The maximum Gasteiger partial charge on any atom is 0.108 e. The van der Waals surface area contributed by atoms with E-state index in [4.69, 9.17) is 5.73 Å². The number of hydrogen-bond acceptors (Lipinski definition) is 3. The van der Waals surface area contributed by atoms with Gasteiger partial charge in [0.15, 0.2) is 0 Å². The van der Waals surface area contributed by atoms with Gasteiger partial charge in [-0.3, -0.25) is 0 Å². The summed E-state index contributed by atoms with van der Waals surface area (Å²) >= 11 is 0. The lowest BCUT2D eigenvalue weighted by Crippen LogP contribution is -1.91. The molecule has 0 aromatic carbocycles. The third kappa shape index (κ3) is 4.90. The van der Waals surface area contributed by atoms with Crippen molar-refractivity contribution in [3.8, 4) is 0 Å². The van der Waals surface area contributed by atoms with Crippen molar-refractivity contribution in [2.45, 2.75) is 6.92 Å². The fourth-order valence-corrected chi connectivity index (χ4v) is 0.356. The highest BCUT2D eigenvalue weighted by Gasteiger charge is 1.76. The second-order valence-corrected chi connectivity index (χ2v) is 1.47. The van der Waals surface area contributed by atoms with Crippen molar-refractivity contribution in [2.75, 3.05) is 6.67 Å². The van der Waals surface area contributed by atoms with Crippen LogP contribution in [0.25, 0.3) is 0 Å². The molecule has 3 nitrogen and oxygen atoms in total. The van der Waals surface area contributed by atoms with Crippen molar-refractivity contribution < 1.29 is 0 Å². The largest absolute Gasteiger partial charge is 0.311 e. The van der Waals surface area contributed by atoms with E-state index in [9.17, 15) is 0 Å². The van der Waals surface area contributed by atoms with E-state index in [-0.39, 0.29) is 6.67 Å². The molecule has 0 amide bonds. The standard InChI is InChI=1S/C6H11N3/c1-3-4-6(2)9-8-5-7/h3-4H,1,5,7H2,2H3/b6-4-,9-8-. The predicted molar refractivity (Wildman–Crippen MR) is 37.9 cm³/mol. The van der Waals surface area contributed by atoms with Crippen molar-refractivity contribution >= 4 is 0 Å². The molecule has 50 valence electrons. The Hall–Kier alpha value is -0.960. The van der Waals surface area contributed by atoms with Crippen molar-refractivity contribution in [2.24, 2.45) is 16.0 Å². The van der Waals surface area contributed by atoms with Crippen LogP contribution in [0.4, 0.5) is 0 Å². The molecule has 0 aliphatic rings. The van der Waals surface area contributed by atoms with Gasteiger partial charge in [0.05, 0.1) is 5.70 Å². The first-order chi connectivity index (χ1) is 4.31. The van der Waals surface area contributed by atoms with E-state index in [0.29, 0.717) is 0 Å². The Kier molecular flexibility index (Phi) is 4.63. The molecule has 0 saturated carbocycles. The topological polar surface area (TPSA) is 50.7 Å². The second kappa shape index (κ2) is 5.18. The van der Waals surface area contributed by atoms with E-state index in [1.807, 2.05) is 6.92 Å². The predicted octanol–water partition coefficient (Wildman–Crippen LogP) is 1.44. The number of nitrogens with two attached hydrogens (primary N) is 1. The van der Waals surface area contributed by atoms with Crippen LogP contribution in [0.1, 0.15) is 6.92 Å². The smallest absolute Gasteiger partial charge is 0.108 e. The highest BCUT2D eigenvalue weighted by molar-refractivity contribution is 5.05. The summed E-state index contributed by atoms with van der Waals surface area (Å²) < 4.78 is 0. The van der Waals surface area contributed by atoms with Crippen LogP contribution in [-0.2, 0) is 0 Å². The normalized spacial score (nSPS) is 12.4. The molecule has 0 rings (SSSR count). The summed E-state index contributed by atoms with van der Waals surface area (Å²) in [5.74, 6) is 0. The van der Waals surface area contributed by atoms with Crippen LogP contribution >= 0.6 is 0 Å². The Morgan fingerprint density at radius 3 is 2.89 bits per heavy atom. The van der Waals surface area contributed by atoms with Crippen LogP contribution in [0, 0.1) is 0 Å². The first kappa shape index (κ1) is 8.04. The van der Waals surface area contributed by atoms with Gasteiger partial charge in [0.2, 0.25) is 0 Å². The van der Waals surface area contributed by atoms with Gasteiger partial charge in [0, 0.05) is 0 Å². The number of hydrogen-bond donors (Lipinski definition) is 1. The van der Waals surface area contributed by atoms with Crippen LogP contribution in [0.15, 0.2) is 34.7 Å². The number of rotatable bonds is 3. The van der Waals surface area contributed by atoms with Crippen molar-refractivity contribution in [3.05, 3.63) is 24.4 Å². The zero-order valence-electron chi connectivity index (χ0n) is 5.54. The van der Waals surface area contributed by atoms with Crippen LogP contribution < -0.4 is 5.73 Å². The van der Waals surface area contributed by atoms with E-state index in [1.165, 1.54) is 0 Å². The lowest BCUT2D eigenvalue weighted by molar-refractivity contribution is 0.937. The van der Waals surface area contributed by atoms with Crippen LogP contribution in [0.2, 0.25) is 0 Å². The zero-order chi connectivity index (χ0) is 7.11. The summed E-state index contributed by atoms with van der Waals surface area (Å²) in [5, 5.41) is 7.30. The molecule has 0 fully saturated rings. The fourth-order valence-electron chi connectivity index (χ4n) is 0.356. The highest BCUT2D eigenvalue weighted by atomic mass is 15.1. The Morgan fingerprint density at radius 1 is 1.78 bits per heavy atom. The molecule has 3 heteroatoms. The first-order valence-corrected chi connectivity index (χ1v) is 2.68. The van der Waals surface area contributed by atoms with Crippen LogP contribution in [0.3, 0.4) is 0 Å². The molecule has 0 saturated heterocycles. The minimum absolute atomic E-state index is 0.238.